The Morgan fingerprint density at radius 3 is 2.43 bits per heavy atom. The van der Waals surface area contributed by atoms with Gasteiger partial charge >= 0.3 is 6.18 Å². The number of hydrogen-bond donors (Lipinski definition) is 2. The lowest BCUT2D eigenvalue weighted by Crippen LogP contribution is -2.12. The fraction of sp³-hybridized carbons (Fsp3) is 0.130. The average molecular weight is 409 g/mol. The molecule has 0 saturated carbocycles. The fourth-order valence-corrected chi connectivity index (χ4v) is 3.33. The van der Waals surface area contributed by atoms with Crippen LogP contribution in [0.5, 0.6) is 0 Å². The van der Waals surface area contributed by atoms with Gasteiger partial charge in [0.1, 0.15) is 5.82 Å². The summed E-state index contributed by atoms with van der Waals surface area (Å²) in [6.07, 6.45) is -0.865. The lowest BCUT2D eigenvalue weighted by molar-refractivity contribution is -0.137. The molecule has 0 amide bonds. The molecule has 0 aliphatic carbocycles. The highest BCUT2D eigenvalue weighted by atomic mass is 19.4. The molecule has 0 spiro atoms. The van der Waals surface area contributed by atoms with Crippen LogP contribution in [0.2, 0.25) is 0 Å². The zero-order chi connectivity index (χ0) is 21.1. The van der Waals surface area contributed by atoms with Gasteiger partial charge in [0.05, 0.1) is 17.3 Å². The fourth-order valence-electron chi connectivity index (χ4n) is 3.33. The number of anilines is 2. The summed E-state index contributed by atoms with van der Waals surface area (Å²) in [5, 5.41) is 6.50. The molecular formula is C23H18F3N3O. The first kappa shape index (κ1) is 19.7. The molecule has 2 N–H and O–H groups in total. The van der Waals surface area contributed by atoms with E-state index in [0.717, 1.165) is 12.1 Å². The molecule has 30 heavy (non-hydrogen) atoms. The van der Waals surface area contributed by atoms with Crippen molar-refractivity contribution in [3.63, 3.8) is 0 Å². The van der Waals surface area contributed by atoms with Crippen molar-refractivity contribution in [1.29, 1.82) is 0 Å². The number of carbonyl (C=O) groups excluding carboxylic acids is 1. The van der Waals surface area contributed by atoms with Gasteiger partial charge in [-0.3, -0.25) is 4.79 Å². The highest BCUT2D eigenvalue weighted by molar-refractivity contribution is 6.05. The summed E-state index contributed by atoms with van der Waals surface area (Å²) >= 11 is 0. The van der Waals surface area contributed by atoms with E-state index < -0.39 is 11.7 Å². The SMILES string of the molecule is O=C(/C=C1/CC(c2ccc(C(F)(F)F)cc2)Nc2ncccc2N1)c1ccccc1. The van der Waals surface area contributed by atoms with E-state index in [1.807, 2.05) is 12.1 Å². The number of fused-ring (bicyclic) bond motifs is 1. The van der Waals surface area contributed by atoms with E-state index >= 15 is 0 Å². The quantitative estimate of drug-likeness (QED) is 0.422. The van der Waals surface area contributed by atoms with Crippen LogP contribution >= 0.6 is 0 Å². The van der Waals surface area contributed by atoms with E-state index in [2.05, 4.69) is 15.6 Å². The number of hydrogen-bond acceptors (Lipinski definition) is 4. The maximum absolute atomic E-state index is 12.9. The minimum atomic E-state index is -4.39. The van der Waals surface area contributed by atoms with Gasteiger partial charge in [0.2, 0.25) is 0 Å². The predicted molar refractivity (Wildman–Crippen MR) is 109 cm³/mol. The van der Waals surface area contributed by atoms with Crippen LogP contribution in [-0.2, 0) is 6.18 Å². The van der Waals surface area contributed by atoms with Gasteiger partial charge in [0.25, 0.3) is 0 Å². The molecule has 7 heteroatoms. The summed E-state index contributed by atoms with van der Waals surface area (Å²) in [5.74, 6) is 0.412. The number of ketones is 1. The zero-order valence-electron chi connectivity index (χ0n) is 15.8. The number of pyridine rings is 1. The summed E-state index contributed by atoms with van der Waals surface area (Å²) in [4.78, 5) is 17.0. The first-order chi connectivity index (χ1) is 14.4. The molecule has 0 fully saturated rings. The maximum Gasteiger partial charge on any atom is 0.416 e. The third kappa shape index (κ3) is 4.35. The van der Waals surface area contributed by atoms with Crippen LogP contribution in [0.4, 0.5) is 24.7 Å². The second kappa shape index (κ2) is 8.02. The van der Waals surface area contributed by atoms with Crippen molar-refractivity contribution >= 4 is 17.3 Å². The maximum atomic E-state index is 12.9. The van der Waals surface area contributed by atoms with E-state index in [0.29, 0.717) is 34.8 Å². The molecule has 1 aliphatic rings. The molecule has 1 atom stereocenters. The largest absolute Gasteiger partial charge is 0.416 e. The number of benzene rings is 2. The first-order valence-corrected chi connectivity index (χ1v) is 9.36. The average Bonchev–Trinajstić information content (AvgIpc) is 2.93. The molecule has 3 aromatic rings. The van der Waals surface area contributed by atoms with Crippen LogP contribution < -0.4 is 10.6 Å². The van der Waals surface area contributed by atoms with Crippen LogP contribution in [0, 0.1) is 0 Å². The number of rotatable bonds is 3. The Kier molecular flexibility index (Phi) is 5.27. The van der Waals surface area contributed by atoms with Gasteiger partial charge < -0.3 is 10.6 Å². The van der Waals surface area contributed by atoms with Crippen molar-refractivity contribution in [2.24, 2.45) is 0 Å². The Balaban J connectivity index is 1.68. The number of carbonyl (C=O) groups is 1. The molecule has 2 heterocycles. The normalized spacial score (nSPS) is 17.4. The molecule has 0 bridgehead atoms. The Morgan fingerprint density at radius 1 is 1.00 bits per heavy atom. The number of nitrogens with one attached hydrogen (secondary N) is 2. The first-order valence-electron chi connectivity index (χ1n) is 9.36. The molecule has 152 valence electrons. The third-order valence-corrected chi connectivity index (χ3v) is 4.84. The molecule has 4 rings (SSSR count). The Labute approximate surface area is 171 Å². The molecular weight excluding hydrogens is 391 g/mol. The number of allylic oxidation sites excluding steroid dienone is 1. The summed E-state index contributed by atoms with van der Waals surface area (Å²) in [6.45, 7) is 0. The van der Waals surface area contributed by atoms with E-state index in [1.165, 1.54) is 18.2 Å². The number of alkyl halides is 3. The molecule has 0 radical (unpaired) electrons. The standard InChI is InChI=1S/C23H18F3N3O/c24-23(25,26)17-10-8-15(9-11-17)20-13-18(14-21(30)16-5-2-1-3-6-16)28-19-7-4-12-27-22(19)29-20/h1-12,14,20,28H,13H2,(H,27,29)/b18-14-. The predicted octanol–water partition coefficient (Wildman–Crippen LogP) is 5.84. The Bertz CT molecular complexity index is 1080. The van der Waals surface area contributed by atoms with Gasteiger partial charge in [0.15, 0.2) is 5.78 Å². The Hall–Kier alpha value is -3.61. The summed E-state index contributed by atoms with van der Waals surface area (Å²) < 4.78 is 38.7. The highest BCUT2D eigenvalue weighted by Crippen LogP contribution is 2.35. The molecule has 1 aromatic heterocycles. The highest BCUT2D eigenvalue weighted by Gasteiger charge is 2.30. The Morgan fingerprint density at radius 2 is 1.73 bits per heavy atom. The van der Waals surface area contributed by atoms with Crippen molar-refractivity contribution in [1.82, 2.24) is 4.98 Å². The van der Waals surface area contributed by atoms with Crippen LogP contribution in [-0.4, -0.2) is 10.8 Å². The van der Waals surface area contributed by atoms with Crippen molar-refractivity contribution in [2.75, 3.05) is 10.6 Å². The van der Waals surface area contributed by atoms with Crippen LogP contribution in [0.3, 0.4) is 0 Å². The smallest absolute Gasteiger partial charge is 0.361 e. The molecule has 1 unspecified atom stereocenters. The molecule has 2 aromatic carbocycles. The minimum absolute atomic E-state index is 0.156. The third-order valence-electron chi connectivity index (χ3n) is 4.84. The second-order valence-electron chi connectivity index (χ2n) is 6.95. The van der Waals surface area contributed by atoms with E-state index in [-0.39, 0.29) is 11.8 Å². The summed E-state index contributed by atoms with van der Waals surface area (Å²) in [6, 6.07) is 17.1. The van der Waals surface area contributed by atoms with Gasteiger partial charge in [0, 0.05) is 30.0 Å². The van der Waals surface area contributed by atoms with Crippen LogP contribution in [0.15, 0.2) is 84.7 Å². The van der Waals surface area contributed by atoms with Gasteiger partial charge in [-0.2, -0.15) is 13.2 Å². The number of aromatic nitrogens is 1. The monoisotopic (exact) mass is 409 g/mol. The molecule has 0 saturated heterocycles. The minimum Gasteiger partial charge on any atom is -0.361 e. The van der Waals surface area contributed by atoms with Gasteiger partial charge in [-0.05, 0) is 29.8 Å². The van der Waals surface area contributed by atoms with E-state index in [1.54, 1.807) is 36.5 Å². The second-order valence-corrected chi connectivity index (χ2v) is 6.95. The lowest BCUT2D eigenvalue weighted by atomic mass is 9.99. The van der Waals surface area contributed by atoms with Crippen LogP contribution in [0.1, 0.15) is 33.9 Å². The van der Waals surface area contributed by atoms with Crippen molar-refractivity contribution in [3.05, 3.63) is 101 Å². The van der Waals surface area contributed by atoms with Gasteiger partial charge in [-0.25, -0.2) is 4.98 Å². The van der Waals surface area contributed by atoms with Gasteiger partial charge in [-0.15, -0.1) is 0 Å². The van der Waals surface area contributed by atoms with Crippen molar-refractivity contribution in [2.45, 2.75) is 18.6 Å². The summed E-state index contributed by atoms with van der Waals surface area (Å²) in [5.41, 5.74) is 1.86. The number of halogens is 3. The van der Waals surface area contributed by atoms with Crippen molar-refractivity contribution in [3.8, 4) is 0 Å². The van der Waals surface area contributed by atoms with Gasteiger partial charge in [-0.1, -0.05) is 42.5 Å². The molecule has 1 aliphatic heterocycles. The van der Waals surface area contributed by atoms with Crippen LogP contribution in [0.25, 0.3) is 0 Å². The molecule has 4 nitrogen and oxygen atoms in total. The van der Waals surface area contributed by atoms with Crippen molar-refractivity contribution < 1.29 is 18.0 Å². The topological polar surface area (TPSA) is 54.0 Å². The lowest BCUT2D eigenvalue weighted by Gasteiger charge is -2.18. The zero-order valence-corrected chi connectivity index (χ0v) is 15.8. The summed E-state index contributed by atoms with van der Waals surface area (Å²) in [7, 11) is 0. The van der Waals surface area contributed by atoms with E-state index in [9.17, 15) is 18.0 Å². The van der Waals surface area contributed by atoms with E-state index in [4.69, 9.17) is 0 Å². The number of nitrogens with zero attached hydrogens (tertiary/aromatic N) is 1.